The summed E-state index contributed by atoms with van der Waals surface area (Å²) in [4.78, 5) is 0. The van der Waals surface area contributed by atoms with Gasteiger partial charge in [-0.15, -0.1) is 0 Å². The number of rotatable bonds is 12. The smallest absolute Gasteiger partial charge is 0.187 e. The third kappa shape index (κ3) is 9.38. The van der Waals surface area contributed by atoms with Gasteiger partial charge in [-0.25, -0.2) is 0 Å². The number of allylic oxidation sites excluding steroid dienone is 1. The second-order valence-corrected chi connectivity index (χ2v) is 24.2. The van der Waals surface area contributed by atoms with Gasteiger partial charge in [-0.2, -0.15) is 0 Å². The maximum Gasteiger partial charge on any atom is 0.187 e. The molecule has 0 aromatic heterocycles. The fraction of sp³-hybridized carbons (Fsp3) is 0.961. The Balaban J connectivity index is 0.811. The van der Waals surface area contributed by atoms with Crippen LogP contribution in [0.2, 0.25) is 0 Å². The molecule has 0 radical (unpaired) electrons. The van der Waals surface area contributed by atoms with Gasteiger partial charge in [-0.1, -0.05) is 32.4 Å². The summed E-state index contributed by atoms with van der Waals surface area (Å²) in [5, 5.41) is 137. The van der Waals surface area contributed by atoms with Crippen LogP contribution in [0.1, 0.15) is 92.4 Å². The molecule has 10 rings (SSSR count). The van der Waals surface area contributed by atoms with Gasteiger partial charge in [0.15, 0.2) is 30.9 Å². The number of hydrogen-bond acceptors (Lipinski definition) is 23. The lowest BCUT2D eigenvalue weighted by Crippen LogP contribution is -2.67. The molecular formula is C51H82O23. The van der Waals surface area contributed by atoms with E-state index >= 15 is 0 Å². The largest absolute Gasteiger partial charge is 0.394 e. The predicted octanol–water partition coefficient (Wildman–Crippen LogP) is -2.85. The van der Waals surface area contributed by atoms with E-state index in [9.17, 15) is 66.4 Å². The SMILES string of the molecule is C[C@@H]1O[C@@H](O[C@H]2[C@H](O[C@H]3CC[C@@]4(C)C(=CC[C@H]5[C@@H]6C[C@@H]7O[C@]8(CC[C@@](C)(CO[C@@H]9O[C@H](CO)[C@@H](O)[C@H](O)[C@H]9O)O8)[C@@H](C)[C@@H]7[C@@]6(C)CC[C@@H]54)C3)O[C@H](CO)[C@@H](O[C@@H]3O[C@H](CO)[C@@H](O)[C@H](O)[C@H]3O)[C@@H]2O)[C@H](O)[C@H](O)[C@H]1O. The first-order valence-corrected chi connectivity index (χ1v) is 26.9. The minimum Gasteiger partial charge on any atom is -0.394 e. The molecule has 0 aromatic rings. The van der Waals surface area contributed by atoms with Gasteiger partial charge in [-0.05, 0) is 99.7 Å². The van der Waals surface area contributed by atoms with E-state index in [2.05, 4.69) is 26.8 Å². The van der Waals surface area contributed by atoms with E-state index in [1.807, 2.05) is 6.92 Å². The quantitative estimate of drug-likeness (QED) is 0.0875. The Bertz CT molecular complexity index is 1980. The van der Waals surface area contributed by atoms with E-state index < -0.39 is 160 Å². The average molecular weight is 1060 g/mol. The molecule has 23 heteroatoms. The highest BCUT2D eigenvalue weighted by molar-refractivity contribution is 5.27. The molecule has 31 atom stereocenters. The Kier molecular flexibility index (Phi) is 16.0. The summed E-state index contributed by atoms with van der Waals surface area (Å²) in [6.07, 6.45) is -21.4. The number of hydrogen-bond donors (Lipinski definition) is 13. The number of aliphatic hydroxyl groups excluding tert-OH is 13. The van der Waals surface area contributed by atoms with Gasteiger partial charge < -0.3 is 114 Å². The first-order chi connectivity index (χ1) is 35.0. The molecule has 6 saturated heterocycles. The van der Waals surface area contributed by atoms with Gasteiger partial charge in [0.25, 0.3) is 0 Å². The normalized spacial score (nSPS) is 57.4. The van der Waals surface area contributed by atoms with Crippen molar-refractivity contribution in [2.24, 2.45) is 40.4 Å². The maximum absolute atomic E-state index is 12.1. The van der Waals surface area contributed by atoms with Crippen molar-refractivity contribution in [2.45, 2.75) is 239 Å². The standard InChI is InChI=1S/C51H82O23/c1-20-31-27(73-51(20)13-12-48(3,74-51)19-65-44-38(61)36(59)33(56)28(16-52)68-44)15-26-24-7-6-22-14-23(8-10-49(22,4)25(24)9-11-50(26,31)5)67-47-43(72-45-39(62)35(58)32(55)21(2)66-45)41(64)42(30(18-54)70-47)71-46-40(63)37(60)34(57)29(17-53)69-46/h6,20-21,23-47,52-64H,7-19H2,1-5H3/t20-,21-,23-,24+,25-,26-,27-,28+,29+,30+,31-,32-,33+,34+,35+,36-,37-,38+,39+,40+,41-,42+,43+,44+,45-,46-,47+,48-,49-,50-,51-/m0/s1. The molecule has 74 heavy (non-hydrogen) atoms. The molecule has 6 heterocycles. The number of aliphatic hydroxyl groups is 13. The number of fused-ring (bicyclic) bond motifs is 7. The van der Waals surface area contributed by atoms with E-state index in [0.29, 0.717) is 43.4 Å². The van der Waals surface area contributed by atoms with Crippen molar-refractivity contribution in [3.63, 3.8) is 0 Å². The molecule has 9 fully saturated rings. The van der Waals surface area contributed by atoms with Gasteiger partial charge in [0.05, 0.1) is 50.3 Å². The minimum atomic E-state index is -1.85. The number of ether oxygens (including phenoxy) is 10. The lowest BCUT2D eigenvalue weighted by Gasteiger charge is -2.58. The van der Waals surface area contributed by atoms with Crippen LogP contribution in [0.5, 0.6) is 0 Å². The molecule has 10 aliphatic rings. The molecule has 23 nitrogen and oxygen atoms in total. The Morgan fingerprint density at radius 3 is 1.84 bits per heavy atom. The van der Waals surface area contributed by atoms with Gasteiger partial charge in [-0.3, -0.25) is 0 Å². The summed E-state index contributed by atoms with van der Waals surface area (Å²) in [6.45, 7) is 8.48. The van der Waals surface area contributed by atoms with E-state index in [1.54, 1.807) is 0 Å². The van der Waals surface area contributed by atoms with Crippen molar-refractivity contribution in [2.75, 3.05) is 26.4 Å². The zero-order chi connectivity index (χ0) is 53.1. The summed E-state index contributed by atoms with van der Waals surface area (Å²) in [5.41, 5.74) is 0.338. The fourth-order valence-corrected chi connectivity index (χ4v) is 15.6. The van der Waals surface area contributed by atoms with Gasteiger partial charge in [0.2, 0.25) is 0 Å². The second-order valence-electron chi connectivity index (χ2n) is 24.2. The van der Waals surface area contributed by atoms with Crippen molar-refractivity contribution in [3.05, 3.63) is 11.6 Å². The van der Waals surface area contributed by atoms with Gasteiger partial charge in [0.1, 0.15) is 91.6 Å². The second kappa shape index (κ2) is 21.0. The minimum absolute atomic E-state index is 0.00240. The Labute approximate surface area is 430 Å². The van der Waals surface area contributed by atoms with Crippen LogP contribution in [0.4, 0.5) is 0 Å². The summed E-state index contributed by atoms with van der Waals surface area (Å²) in [5.74, 6) is 0.731. The molecule has 0 bridgehead atoms. The van der Waals surface area contributed by atoms with Gasteiger partial charge in [0, 0.05) is 12.3 Å². The molecular weight excluding hydrogens is 981 g/mol. The van der Waals surface area contributed by atoms with Crippen molar-refractivity contribution in [3.8, 4) is 0 Å². The highest BCUT2D eigenvalue weighted by atomic mass is 16.8. The van der Waals surface area contributed by atoms with Crippen molar-refractivity contribution >= 4 is 0 Å². The Hall–Kier alpha value is -1.18. The van der Waals surface area contributed by atoms with Crippen LogP contribution < -0.4 is 0 Å². The highest BCUT2D eigenvalue weighted by Crippen LogP contribution is 2.71. The van der Waals surface area contributed by atoms with Crippen LogP contribution in [-0.4, -0.2) is 239 Å². The third-order valence-electron chi connectivity index (χ3n) is 19.9. The van der Waals surface area contributed by atoms with E-state index in [4.69, 9.17) is 47.4 Å². The molecule has 424 valence electrons. The van der Waals surface area contributed by atoms with Gasteiger partial charge >= 0.3 is 0 Å². The molecule has 0 amide bonds. The van der Waals surface area contributed by atoms with Crippen molar-refractivity contribution in [1.29, 1.82) is 0 Å². The Morgan fingerprint density at radius 2 is 1.18 bits per heavy atom. The highest BCUT2D eigenvalue weighted by Gasteiger charge is 2.70. The summed E-state index contributed by atoms with van der Waals surface area (Å²) in [7, 11) is 0. The molecule has 6 aliphatic heterocycles. The summed E-state index contributed by atoms with van der Waals surface area (Å²) in [6, 6.07) is 0. The van der Waals surface area contributed by atoms with Crippen LogP contribution in [-0.2, 0) is 47.4 Å². The third-order valence-corrected chi connectivity index (χ3v) is 19.9. The molecule has 4 aliphatic carbocycles. The zero-order valence-corrected chi connectivity index (χ0v) is 42.8. The first-order valence-electron chi connectivity index (χ1n) is 26.9. The van der Waals surface area contributed by atoms with Crippen LogP contribution in [0.3, 0.4) is 0 Å². The molecule has 0 aromatic carbocycles. The lowest BCUT2D eigenvalue weighted by molar-refractivity contribution is -0.389. The van der Waals surface area contributed by atoms with E-state index in [1.165, 1.54) is 12.5 Å². The first kappa shape index (κ1) is 56.1. The van der Waals surface area contributed by atoms with Crippen LogP contribution >= 0.6 is 0 Å². The molecule has 0 unspecified atom stereocenters. The fourth-order valence-electron chi connectivity index (χ4n) is 15.6. The lowest BCUT2D eigenvalue weighted by atomic mass is 9.47. The molecule has 3 saturated carbocycles. The van der Waals surface area contributed by atoms with Crippen LogP contribution in [0.25, 0.3) is 0 Å². The van der Waals surface area contributed by atoms with Crippen LogP contribution in [0.15, 0.2) is 11.6 Å². The molecule has 13 N–H and O–H groups in total. The topological polar surface area (TPSA) is 355 Å². The average Bonchev–Trinajstić information content (AvgIpc) is 3.98. The van der Waals surface area contributed by atoms with Crippen molar-refractivity contribution < 1.29 is 114 Å². The molecule has 1 spiro atoms. The maximum atomic E-state index is 12.1. The zero-order valence-electron chi connectivity index (χ0n) is 42.8. The van der Waals surface area contributed by atoms with E-state index in [0.717, 1.165) is 32.1 Å². The Morgan fingerprint density at radius 1 is 0.581 bits per heavy atom. The van der Waals surface area contributed by atoms with Crippen LogP contribution in [0, 0.1) is 40.4 Å². The summed E-state index contributed by atoms with van der Waals surface area (Å²) >= 11 is 0. The van der Waals surface area contributed by atoms with E-state index in [-0.39, 0.29) is 35.4 Å². The summed E-state index contributed by atoms with van der Waals surface area (Å²) < 4.78 is 62.0. The monoisotopic (exact) mass is 1060 g/mol. The van der Waals surface area contributed by atoms with Crippen molar-refractivity contribution in [1.82, 2.24) is 0 Å². The predicted molar refractivity (Wildman–Crippen MR) is 248 cm³/mol.